The number of aromatic amines is 1. The van der Waals surface area contributed by atoms with Gasteiger partial charge in [0.1, 0.15) is 0 Å². The molecule has 2 rings (SSSR count). The normalized spacial score (nSPS) is 29.8. The first-order valence-corrected chi connectivity index (χ1v) is 4.52. The van der Waals surface area contributed by atoms with E-state index in [-0.39, 0.29) is 0 Å². The molecule has 2 N–H and O–H groups in total. The zero-order chi connectivity index (χ0) is 8.55. The molecule has 0 aromatic carbocycles. The molecule has 0 saturated heterocycles. The smallest absolute Gasteiger partial charge is 0.0725 e. The van der Waals surface area contributed by atoms with Gasteiger partial charge in [0.2, 0.25) is 0 Å². The van der Waals surface area contributed by atoms with Gasteiger partial charge in [-0.25, -0.2) is 0 Å². The lowest BCUT2D eigenvalue weighted by Crippen LogP contribution is -2.17. The number of nitrogens with zero attached hydrogens (tertiary/aromatic N) is 1. The summed E-state index contributed by atoms with van der Waals surface area (Å²) in [6.07, 6.45) is 5.08. The minimum atomic E-state index is 0.581. The van der Waals surface area contributed by atoms with Gasteiger partial charge in [-0.05, 0) is 25.2 Å². The predicted molar refractivity (Wildman–Crippen MR) is 48.9 cm³/mol. The summed E-state index contributed by atoms with van der Waals surface area (Å²) in [4.78, 5) is 0. The van der Waals surface area contributed by atoms with Crippen LogP contribution in [0.15, 0.2) is 12.4 Å². The first kappa shape index (κ1) is 7.65. The van der Waals surface area contributed by atoms with E-state index in [1.54, 1.807) is 0 Å². The molecule has 1 aliphatic rings. The quantitative estimate of drug-likeness (QED) is 0.717. The summed E-state index contributed by atoms with van der Waals surface area (Å²) in [6, 6.07) is 0.581. The molecular weight excluding hydrogens is 150 g/mol. The van der Waals surface area contributed by atoms with Gasteiger partial charge in [-0.1, -0.05) is 6.92 Å². The first-order chi connectivity index (χ1) is 5.77. The number of hydrogen-bond donors (Lipinski definition) is 2. The van der Waals surface area contributed by atoms with Crippen LogP contribution in [0.3, 0.4) is 0 Å². The summed E-state index contributed by atoms with van der Waals surface area (Å²) in [7, 11) is 0. The molecule has 0 aliphatic heterocycles. The van der Waals surface area contributed by atoms with Crippen molar-refractivity contribution < 1.29 is 0 Å². The molecule has 1 heterocycles. The van der Waals surface area contributed by atoms with Crippen molar-refractivity contribution in [2.45, 2.75) is 26.3 Å². The van der Waals surface area contributed by atoms with Crippen LogP contribution in [0, 0.1) is 11.8 Å². The van der Waals surface area contributed by atoms with Gasteiger partial charge in [0.15, 0.2) is 0 Å². The van der Waals surface area contributed by atoms with Crippen molar-refractivity contribution in [2.75, 3.05) is 5.32 Å². The predicted octanol–water partition coefficient (Wildman–Crippen LogP) is 1.87. The van der Waals surface area contributed by atoms with Gasteiger partial charge in [-0.2, -0.15) is 5.10 Å². The highest BCUT2D eigenvalue weighted by molar-refractivity contribution is 5.39. The Balaban J connectivity index is 1.87. The summed E-state index contributed by atoms with van der Waals surface area (Å²) in [5, 5.41) is 10.1. The van der Waals surface area contributed by atoms with Crippen LogP contribution in [-0.2, 0) is 0 Å². The Hall–Kier alpha value is -0.990. The Kier molecular flexibility index (Phi) is 1.79. The van der Waals surface area contributed by atoms with Crippen LogP contribution in [0.25, 0.3) is 0 Å². The average molecular weight is 165 g/mol. The standard InChI is InChI=1S/C9H15N3/c1-6-3-9(6)7(2)12-8-4-10-11-5-8/h4-7,9,12H,3H2,1-2H3,(H,10,11). The molecule has 1 aromatic heterocycles. The highest BCUT2D eigenvalue weighted by Gasteiger charge is 2.37. The second-order valence-electron chi connectivity index (χ2n) is 3.80. The van der Waals surface area contributed by atoms with Gasteiger partial charge in [0, 0.05) is 12.2 Å². The summed E-state index contributed by atoms with van der Waals surface area (Å²) in [6.45, 7) is 4.54. The van der Waals surface area contributed by atoms with Gasteiger partial charge in [0.05, 0.1) is 11.9 Å². The highest BCUT2D eigenvalue weighted by Crippen LogP contribution is 2.41. The lowest BCUT2D eigenvalue weighted by molar-refractivity contribution is 0.645. The molecule has 12 heavy (non-hydrogen) atoms. The van der Waals surface area contributed by atoms with E-state index in [2.05, 4.69) is 29.4 Å². The Labute approximate surface area is 72.6 Å². The van der Waals surface area contributed by atoms with E-state index < -0.39 is 0 Å². The molecule has 0 spiro atoms. The molecule has 0 amide bonds. The van der Waals surface area contributed by atoms with Crippen LogP contribution < -0.4 is 5.32 Å². The Morgan fingerprint density at radius 1 is 1.75 bits per heavy atom. The summed E-state index contributed by atoms with van der Waals surface area (Å²) in [5.41, 5.74) is 1.10. The van der Waals surface area contributed by atoms with Crippen LogP contribution in [0.5, 0.6) is 0 Å². The van der Waals surface area contributed by atoms with Crippen molar-refractivity contribution in [3.05, 3.63) is 12.4 Å². The number of anilines is 1. The van der Waals surface area contributed by atoms with E-state index in [9.17, 15) is 0 Å². The van der Waals surface area contributed by atoms with E-state index >= 15 is 0 Å². The Morgan fingerprint density at radius 3 is 3.00 bits per heavy atom. The highest BCUT2D eigenvalue weighted by atomic mass is 15.1. The lowest BCUT2D eigenvalue weighted by Gasteiger charge is -2.12. The molecule has 0 bridgehead atoms. The maximum Gasteiger partial charge on any atom is 0.0725 e. The van der Waals surface area contributed by atoms with Crippen LogP contribution in [0.4, 0.5) is 5.69 Å². The molecule has 1 saturated carbocycles. The molecule has 66 valence electrons. The summed E-state index contributed by atoms with van der Waals surface area (Å²) >= 11 is 0. The molecule has 3 heteroatoms. The number of hydrogen-bond acceptors (Lipinski definition) is 2. The fraction of sp³-hybridized carbons (Fsp3) is 0.667. The largest absolute Gasteiger partial charge is 0.380 e. The number of rotatable bonds is 3. The van der Waals surface area contributed by atoms with Gasteiger partial charge in [-0.3, -0.25) is 5.10 Å². The van der Waals surface area contributed by atoms with Crippen LogP contribution in [0.1, 0.15) is 20.3 Å². The van der Waals surface area contributed by atoms with Crippen LogP contribution in [-0.4, -0.2) is 16.2 Å². The van der Waals surface area contributed by atoms with Gasteiger partial charge in [-0.15, -0.1) is 0 Å². The minimum Gasteiger partial charge on any atom is -0.380 e. The van der Waals surface area contributed by atoms with E-state index in [4.69, 9.17) is 0 Å². The molecule has 1 fully saturated rings. The Bertz CT molecular complexity index is 242. The molecule has 3 nitrogen and oxygen atoms in total. The molecule has 3 unspecified atom stereocenters. The molecule has 1 aliphatic carbocycles. The maximum atomic E-state index is 3.89. The second kappa shape index (κ2) is 2.81. The van der Waals surface area contributed by atoms with Gasteiger partial charge >= 0.3 is 0 Å². The third-order valence-corrected chi connectivity index (χ3v) is 2.71. The van der Waals surface area contributed by atoms with Gasteiger partial charge < -0.3 is 5.32 Å². The number of nitrogens with one attached hydrogen (secondary N) is 2. The zero-order valence-electron chi connectivity index (χ0n) is 7.54. The Morgan fingerprint density at radius 2 is 2.50 bits per heavy atom. The number of aromatic nitrogens is 2. The van der Waals surface area contributed by atoms with Crippen LogP contribution in [0.2, 0.25) is 0 Å². The van der Waals surface area contributed by atoms with E-state index in [0.29, 0.717) is 6.04 Å². The lowest BCUT2D eigenvalue weighted by atomic mass is 10.2. The number of H-pyrrole nitrogens is 1. The first-order valence-electron chi connectivity index (χ1n) is 4.52. The minimum absolute atomic E-state index is 0.581. The third kappa shape index (κ3) is 1.44. The van der Waals surface area contributed by atoms with Crippen molar-refractivity contribution in [1.82, 2.24) is 10.2 Å². The fourth-order valence-electron chi connectivity index (χ4n) is 1.75. The van der Waals surface area contributed by atoms with Crippen molar-refractivity contribution in [3.63, 3.8) is 0 Å². The fourth-order valence-corrected chi connectivity index (χ4v) is 1.75. The molecule has 0 radical (unpaired) electrons. The van der Waals surface area contributed by atoms with E-state index in [1.165, 1.54) is 6.42 Å². The van der Waals surface area contributed by atoms with Crippen LogP contribution >= 0.6 is 0 Å². The molecule has 3 atom stereocenters. The van der Waals surface area contributed by atoms with Crippen molar-refractivity contribution in [3.8, 4) is 0 Å². The molecular formula is C9H15N3. The summed E-state index contributed by atoms with van der Waals surface area (Å²) < 4.78 is 0. The van der Waals surface area contributed by atoms with Crippen molar-refractivity contribution in [1.29, 1.82) is 0 Å². The van der Waals surface area contributed by atoms with Crippen molar-refractivity contribution in [2.24, 2.45) is 11.8 Å². The average Bonchev–Trinajstić information content (AvgIpc) is 2.58. The summed E-state index contributed by atoms with van der Waals surface area (Å²) in [5.74, 6) is 1.76. The monoisotopic (exact) mass is 165 g/mol. The second-order valence-corrected chi connectivity index (χ2v) is 3.80. The van der Waals surface area contributed by atoms with E-state index in [0.717, 1.165) is 17.5 Å². The topological polar surface area (TPSA) is 40.7 Å². The zero-order valence-corrected chi connectivity index (χ0v) is 7.54. The third-order valence-electron chi connectivity index (χ3n) is 2.71. The van der Waals surface area contributed by atoms with Gasteiger partial charge in [0.25, 0.3) is 0 Å². The molecule has 1 aromatic rings. The SMILES string of the molecule is CC1CC1C(C)Nc1cn[nH]c1. The van der Waals surface area contributed by atoms with E-state index in [1.807, 2.05) is 12.4 Å². The maximum absolute atomic E-state index is 3.89. The van der Waals surface area contributed by atoms with Crippen molar-refractivity contribution >= 4 is 5.69 Å².